The summed E-state index contributed by atoms with van der Waals surface area (Å²) in [5, 5.41) is 0. The summed E-state index contributed by atoms with van der Waals surface area (Å²) in [6.45, 7) is 0. The number of halogens is 1. The fourth-order valence-electron chi connectivity index (χ4n) is 1.61. The number of hydrogen-bond donors (Lipinski definition) is 0. The van der Waals surface area contributed by atoms with Gasteiger partial charge in [-0.25, -0.2) is 4.79 Å². The number of ether oxygens (including phenoxy) is 2. The molecular weight excluding hydrogens is 347 g/mol. The van der Waals surface area contributed by atoms with Gasteiger partial charge in [0.15, 0.2) is 0 Å². The molecule has 0 atom stereocenters. The second-order valence-corrected chi connectivity index (χ2v) is 4.67. The summed E-state index contributed by atoms with van der Waals surface area (Å²) in [6, 6.07) is 7.16. The van der Waals surface area contributed by atoms with Crippen LogP contribution in [0.5, 0.6) is 5.75 Å². The van der Waals surface area contributed by atoms with E-state index in [1.165, 1.54) is 13.4 Å². The van der Waals surface area contributed by atoms with E-state index in [-0.39, 0.29) is 0 Å². The van der Waals surface area contributed by atoms with Gasteiger partial charge in [0, 0.05) is 5.56 Å². The molecule has 0 saturated carbocycles. The number of methoxy groups -OCH3 is 2. The summed E-state index contributed by atoms with van der Waals surface area (Å²) in [5.74, 6) is 0.873. The quantitative estimate of drug-likeness (QED) is 0.624. The predicted octanol–water partition coefficient (Wildman–Crippen LogP) is 3.35. The smallest absolute Gasteiger partial charge is 0.341 e. The van der Waals surface area contributed by atoms with E-state index in [0.717, 1.165) is 14.9 Å². The number of carbonyl (C=O) groups excluding carboxylic acids is 1. The van der Waals surface area contributed by atoms with Gasteiger partial charge in [-0.1, -0.05) is 0 Å². The van der Waals surface area contributed by atoms with Crippen LogP contribution in [0.1, 0.15) is 10.4 Å². The van der Waals surface area contributed by atoms with Gasteiger partial charge in [-0.15, -0.1) is 0 Å². The van der Waals surface area contributed by atoms with Crippen LogP contribution in [0.25, 0.3) is 11.3 Å². The monoisotopic (exact) mass is 358 g/mol. The molecule has 1 heterocycles. The normalized spacial score (nSPS) is 10.2. The fraction of sp³-hybridized carbons (Fsp3) is 0.154. The average Bonchev–Trinajstić information content (AvgIpc) is 2.86. The third kappa shape index (κ3) is 2.35. The van der Waals surface area contributed by atoms with Crippen molar-refractivity contribution in [2.24, 2.45) is 0 Å². The second kappa shape index (κ2) is 5.43. The Morgan fingerprint density at radius 1 is 1.28 bits per heavy atom. The van der Waals surface area contributed by atoms with Crippen molar-refractivity contribution in [1.29, 1.82) is 0 Å². The second-order valence-electron chi connectivity index (χ2n) is 3.50. The lowest BCUT2D eigenvalue weighted by Crippen LogP contribution is -2.01. The van der Waals surface area contributed by atoms with E-state index in [2.05, 4.69) is 22.6 Å². The van der Waals surface area contributed by atoms with E-state index in [1.54, 1.807) is 13.2 Å². The summed E-state index contributed by atoms with van der Waals surface area (Å²) >= 11 is 2.17. The number of benzene rings is 1. The van der Waals surface area contributed by atoms with Gasteiger partial charge in [-0.05, 0) is 46.9 Å². The van der Waals surface area contributed by atoms with Crippen LogP contribution in [0.3, 0.4) is 0 Å². The molecule has 5 heteroatoms. The molecule has 4 nitrogen and oxygen atoms in total. The highest BCUT2D eigenvalue weighted by Crippen LogP contribution is 2.30. The number of esters is 1. The Morgan fingerprint density at radius 2 is 2.06 bits per heavy atom. The van der Waals surface area contributed by atoms with Crippen molar-refractivity contribution in [3.63, 3.8) is 0 Å². The van der Waals surface area contributed by atoms with Gasteiger partial charge in [0.25, 0.3) is 0 Å². The Labute approximate surface area is 118 Å². The van der Waals surface area contributed by atoms with Crippen LogP contribution in [0.4, 0.5) is 0 Å². The molecule has 18 heavy (non-hydrogen) atoms. The zero-order valence-corrected chi connectivity index (χ0v) is 12.1. The summed E-state index contributed by atoms with van der Waals surface area (Å²) in [4.78, 5) is 11.6. The average molecular weight is 358 g/mol. The third-order valence-corrected chi connectivity index (χ3v) is 3.33. The minimum atomic E-state index is -0.412. The van der Waals surface area contributed by atoms with E-state index < -0.39 is 5.97 Å². The Morgan fingerprint density at radius 3 is 2.67 bits per heavy atom. The van der Waals surface area contributed by atoms with Gasteiger partial charge in [0.1, 0.15) is 17.1 Å². The highest BCUT2D eigenvalue weighted by Gasteiger charge is 2.17. The van der Waals surface area contributed by atoms with Gasteiger partial charge in [0.2, 0.25) is 0 Å². The summed E-state index contributed by atoms with van der Waals surface area (Å²) < 4.78 is 16.2. The van der Waals surface area contributed by atoms with Crippen LogP contribution < -0.4 is 4.74 Å². The number of furan rings is 1. The summed E-state index contributed by atoms with van der Waals surface area (Å²) in [6.07, 6.45) is 1.47. The fourth-order valence-corrected chi connectivity index (χ4v) is 2.35. The molecule has 0 radical (unpaired) electrons. The SMILES string of the molecule is COC(=O)c1ccoc1-c1ccc(OC)c(I)c1. The molecule has 2 rings (SSSR count). The number of carbonyl (C=O) groups is 1. The van der Waals surface area contributed by atoms with Crippen molar-refractivity contribution in [2.45, 2.75) is 0 Å². The highest BCUT2D eigenvalue weighted by molar-refractivity contribution is 14.1. The molecule has 0 fully saturated rings. The maximum atomic E-state index is 11.6. The van der Waals surface area contributed by atoms with Crippen molar-refractivity contribution in [3.05, 3.63) is 39.7 Å². The summed E-state index contributed by atoms with van der Waals surface area (Å²) in [7, 11) is 2.96. The van der Waals surface area contributed by atoms with Crippen molar-refractivity contribution in [1.82, 2.24) is 0 Å². The minimum absolute atomic E-state index is 0.412. The molecule has 0 saturated heterocycles. The van der Waals surface area contributed by atoms with Gasteiger partial charge < -0.3 is 13.9 Å². The first-order chi connectivity index (χ1) is 8.67. The van der Waals surface area contributed by atoms with Gasteiger partial charge in [0.05, 0.1) is 24.1 Å². The van der Waals surface area contributed by atoms with Crippen LogP contribution >= 0.6 is 22.6 Å². The van der Waals surface area contributed by atoms with Crippen LogP contribution in [0.15, 0.2) is 34.9 Å². The molecule has 0 amide bonds. The van der Waals surface area contributed by atoms with E-state index in [1.807, 2.05) is 18.2 Å². The van der Waals surface area contributed by atoms with E-state index >= 15 is 0 Å². The largest absolute Gasteiger partial charge is 0.496 e. The van der Waals surface area contributed by atoms with Gasteiger partial charge in [-0.3, -0.25) is 0 Å². The molecule has 0 bridgehead atoms. The maximum Gasteiger partial charge on any atom is 0.341 e. The molecule has 94 valence electrons. The van der Waals surface area contributed by atoms with Gasteiger partial charge in [-0.2, -0.15) is 0 Å². The van der Waals surface area contributed by atoms with Crippen LogP contribution in [0.2, 0.25) is 0 Å². The Balaban J connectivity index is 2.46. The maximum absolute atomic E-state index is 11.6. The Hall–Kier alpha value is -1.50. The lowest BCUT2D eigenvalue weighted by molar-refractivity contribution is 0.0601. The van der Waals surface area contributed by atoms with Crippen LogP contribution in [-0.4, -0.2) is 20.2 Å². The minimum Gasteiger partial charge on any atom is -0.496 e. The molecule has 0 aliphatic rings. The van der Waals surface area contributed by atoms with Crippen LogP contribution in [-0.2, 0) is 4.74 Å². The van der Waals surface area contributed by atoms with E-state index in [4.69, 9.17) is 13.9 Å². The third-order valence-electron chi connectivity index (χ3n) is 2.48. The number of rotatable bonds is 3. The first-order valence-corrected chi connectivity index (χ1v) is 6.25. The molecule has 0 N–H and O–H groups in total. The Kier molecular flexibility index (Phi) is 3.90. The van der Waals surface area contributed by atoms with Crippen molar-refractivity contribution in [2.75, 3.05) is 14.2 Å². The van der Waals surface area contributed by atoms with Crippen molar-refractivity contribution >= 4 is 28.6 Å². The van der Waals surface area contributed by atoms with Crippen molar-refractivity contribution < 1.29 is 18.7 Å². The van der Waals surface area contributed by atoms with Crippen LogP contribution in [0, 0.1) is 3.57 Å². The number of hydrogen-bond acceptors (Lipinski definition) is 4. The lowest BCUT2D eigenvalue weighted by Gasteiger charge is -2.06. The Bertz CT molecular complexity index is 574. The van der Waals surface area contributed by atoms with Crippen molar-refractivity contribution in [3.8, 4) is 17.1 Å². The standard InChI is InChI=1S/C13H11IO4/c1-16-11-4-3-8(7-10(11)14)12-9(5-6-18-12)13(15)17-2/h3-7H,1-2H3. The first-order valence-electron chi connectivity index (χ1n) is 5.17. The topological polar surface area (TPSA) is 48.7 Å². The zero-order valence-electron chi connectivity index (χ0n) is 9.90. The molecule has 1 aromatic heterocycles. The molecule has 0 aliphatic heterocycles. The first kappa shape index (κ1) is 12.9. The molecule has 0 unspecified atom stereocenters. The molecule has 0 spiro atoms. The molecule has 1 aromatic carbocycles. The molecular formula is C13H11IO4. The van der Waals surface area contributed by atoms with E-state index in [9.17, 15) is 4.79 Å². The lowest BCUT2D eigenvalue weighted by atomic mass is 10.1. The zero-order chi connectivity index (χ0) is 13.1. The highest BCUT2D eigenvalue weighted by atomic mass is 127. The van der Waals surface area contributed by atoms with Gasteiger partial charge >= 0.3 is 5.97 Å². The summed E-state index contributed by atoms with van der Waals surface area (Å²) in [5.41, 5.74) is 1.23. The van der Waals surface area contributed by atoms with E-state index in [0.29, 0.717) is 11.3 Å². The molecule has 2 aromatic rings. The molecule has 0 aliphatic carbocycles. The predicted molar refractivity (Wildman–Crippen MR) is 74.8 cm³/mol.